The van der Waals surface area contributed by atoms with Crippen molar-refractivity contribution in [3.8, 4) is 0 Å². The van der Waals surface area contributed by atoms with Crippen molar-refractivity contribution in [1.29, 1.82) is 0 Å². The van der Waals surface area contributed by atoms with Crippen LogP contribution in [0.4, 0.5) is 5.69 Å². The van der Waals surface area contributed by atoms with E-state index < -0.39 is 41.1 Å². The molecule has 8 nitrogen and oxygen atoms in total. The van der Waals surface area contributed by atoms with Crippen LogP contribution in [0, 0.1) is 31.6 Å². The molecule has 1 spiro atoms. The fraction of sp³-hybridized carbons (Fsp3) is 0.633. The summed E-state index contributed by atoms with van der Waals surface area (Å²) in [6.07, 6.45) is 3.24. The maximum absolute atomic E-state index is 14.8. The molecule has 38 heavy (non-hydrogen) atoms. The Bertz CT molecular complexity index is 1100. The molecule has 2 amide bonds. The lowest BCUT2D eigenvalue weighted by atomic mass is 9.65. The molecule has 2 unspecified atom stereocenters. The Labute approximate surface area is 226 Å². The standard InChI is InChI=1S/C30H42N2O6/c1-8-16-31(24-19(6)12-11-13-20(24)7)27(35)25-30-15-14-29(9-2,38-30)23(28(36)37-10-3)22(30)26(34)32(25)21(17-33)18(4)5/h8,11-13,18,21-23,25,33H,1,9-10,14-17H2,2-7H3/t21-,22-,23-,25?,29+,30?/m0/s1. The molecule has 3 aliphatic heterocycles. The molecule has 0 aromatic heterocycles. The third-order valence-corrected chi connectivity index (χ3v) is 8.99. The minimum Gasteiger partial charge on any atom is -0.466 e. The van der Waals surface area contributed by atoms with Gasteiger partial charge >= 0.3 is 5.97 Å². The predicted octanol–water partition coefficient (Wildman–Crippen LogP) is 3.56. The average Bonchev–Trinajstić information content (AvgIpc) is 3.47. The topological polar surface area (TPSA) is 96.4 Å². The number of anilines is 1. The Morgan fingerprint density at radius 1 is 1.26 bits per heavy atom. The number of ether oxygens (including phenoxy) is 2. The van der Waals surface area contributed by atoms with E-state index >= 15 is 0 Å². The van der Waals surface area contributed by atoms with E-state index in [1.54, 1.807) is 22.8 Å². The van der Waals surface area contributed by atoms with Gasteiger partial charge in [0, 0.05) is 12.2 Å². The predicted molar refractivity (Wildman–Crippen MR) is 144 cm³/mol. The molecule has 0 aliphatic carbocycles. The summed E-state index contributed by atoms with van der Waals surface area (Å²) >= 11 is 0. The van der Waals surface area contributed by atoms with E-state index in [9.17, 15) is 19.5 Å². The molecule has 3 saturated heterocycles. The van der Waals surface area contributed by atoms with Crippen molar-refractivity contribution >= 4 is 23.5 Å². The van der Waals surface area contributed by atoms with Crippen LogP contribution in [0.25, 0.3) is 0 Å². The first kappa shape index (κ1) is 28.3. The number of aliphatic hydroxyl groups is 1. The monoisotopic (exact) mass is 526 g/mol. The zero-order valence-electron chi connectivity index (χ0n) is 23.5. The van der Waals surface area contributed by atoms with Crippen LogP contribution in [-0.4, -0.2) is 70.8 Å². The molecule has 6 atom stereocenters. The first-order valence-electron chi connectivity index (χ1n) is 13.8. The van der Waals surface area contributed by atoms with Gasteiger partial charge in [0.1, 0.15) is 17.6 Å². The highest BCUT2D eigenvalue weighted by Crippen LogP contribution is 2.65. The lowest BCUT2D eigenvalue weighted by Gasteiger charge is -2.41. The van der Waals surface area contributed by atoms with E-state index in [0.717, 1.165) is 16.8 Å². The summed E-state index contributed by atoms with van der Waals surface area (Å²) < 4.78 is 12.3. The van der Waals surface area contributed by atoms with Crippen molar-refractivity contribution in [2.24, 2.45) is 17.8 Å². The zero-order chi connectivity index (χ0) is 28.0. The molecule has 3 fully saturated rings. The summed E-state index contributed by atoms with van der Waals surface area (Å²) in [7, 11) is 0. The second-order valence-corrected chi connectivity index (χ2v) is 11.3. The summed E-state index contributed by atoms with van der Waals surface area (Å²) in [5, 5.41) is 10.4. The highest BCUT2D eigenvalue weighted by molar-refractivity contribution is 6.05. The minimum atomic E-state index is -1.18. The number of nitrogens with zero attached hydrogens (tertiary/aromatic N) is 2. The van der Waals surface area contributed by atoms with Gasteiger partial charge in [0.2, 0.25) is 5.91 Å². The van der Waals surface area contributed by atoms with Crippen LogP contribution in [0.2, 0.25) is 0 Å². The van der Waals surface area contributed by atoms with Gasteiger partial charge in [-0.15, -0.1) is 6.58 Å². The Balaban J connectivity index is 1.92. The molecule has 208 valence electrons. The summed E-state index contributed by atoms with van der Waals surface area (Å²) in [5.41, 5.74) is 0.595. The Hall–Kier alpha value is -2.71. The number of benzene rings is 1. The third-order valence-electron chi connectivity index (χ3n) is 8.99. The number of hydrogen-bond donors (Lipinski definition) is 1. The number of hydrogen-bond acceptors (Lipinski definition) is 6. The lowest BCUT2D eigenvalue weighted by molar-refractivity contribution is -0.162. The van der Waals surface area contributed by atoms with Crippen molar-refractivity contribution in [1.82, 2.24) is 4.90 Å². The molecular formula is C30H42N2O6. The van der Waals surface area contributed by atoms with Crippen LogP contribution < -0.4 is 4.90 Å². The molecule has 3 aliphatic rings. The summed E-state index contributed by atoms with van der Waals surface area (Å²) in [4.78, 5) is 45.7. The van der Waals surface area contributed by atoms with Gasteiger partial charge in [-0.3, -0.25) is 14.4 Å². The molecule has 0 saturated carbocycles. The number of likely N-dealkylation sites (tertiary alicyclic amines) is 1. The molecule has 8 heteroatoms. The van der Waals surface area contributed by atoms with Gasteiger partial charge in [-0.05, 0) is 57.1 Å². The number of rotatable bonds is 10. The van der Waals surface area contributed by atoms with Gasteiger partial charge in [0.15, 0.2) is 0 Å². The van der Waals surface area contributed by atoms with Crippen LogP contribution in [0.1, 0.15) is 58.1 Å². The normalized spacial score (nSPS) is 30.5. The third kappa shape index (κ3) is 3.99. The SMILES string of the molecule is C=CCN(C(=O)C1N([C@@H](CO)C(C)C)C(=O)[C@@H]2[C@@H](C(=O)OCC)[C@@]3(CC)CCC12O3)c1c(C)cccc1C. The first-order chi connectivity index (χ1) is 18.0. The van der Waals surface area contributed by atoms with Crippen LogP contribution >= 0.6 is 0 Å². The van der Waals surface area contributed by atoms with Crippen molar-refractivity contribution in [2.75, 3.05) is 24.7 Å². The Kier molecular flexibility index (Phi) is 7.79. The fourth-order valence-corrected chi connectivity index (χ4v) is 7.30. The summed E-state index contributed by atoms with van der Waals surface area (Å²) in [6, 6.07) is 4.25. The number of aliphatic hydroxyl groups excluding tert-OH is 1. The van der Waals surface area contributed by atoms with Crippen molar-refractivity contribution < 1.29 is 29.0 Å². The van der Waals surface area contributed by atoms with Crippen molar-refractivity contribution in [3.05, 3.63) is 42.0 Å². The molecule has 2 bridgehead atoms. The number of fused-ring (bicyclic) bond motifs is 1. The van der Waals surface area contributed by atoms with Gasteiger partial charge < -0.3 is 24.4 Å². The number of amides is 2. The van der Waals surface area contributed by atoms with Crippen LogP contribution in [0.15, 0.2) is 30.9 Å². The van der Waals surface area contributed by atoms with E-state index in [1.165, 1.54) is 0 Å². The average molecular weight is 527 g/mol. The minimum absolute atomic E-state index is 0.124. The molecule has 0 radical (unpaired) electrons. The van der Waals surface area contributed by atoms with E-state index in [2.05, 4.69) is 6.58 Å². The summed E-state index contributed by atoms with van der Waals surface area (Å²) in [5.74, 6) is -2.82. The molecule has 3 heterocycles. The smallest absolute Gasteiger partial charge is 0.312 e. The van der Waals surface area contributed by atoms with Gasteiger partial charge in [0.25, 0.3) is 5.91 Å². The van der Waals surface area contributed by atoms with Gasteiger partial charge in [0.05, 0.1) is 30.8 Å². The highest BCUT2D eigenvalue weighted by atomic mass is 16.6. The fourth-order valence-electron chi connectivity index (χ4n) is 7.30. The van der Waals surface area contributed by atoms with Gasteiger partial charge in [-0.25, -0.2) is 0 Å². The molecule has 1 N–H and O–H groups in total. The van der Waals surface area contributed by atoms with Crippen LogP contribution in [-0.2, 0) is 23.9 Å². The Morgan fingerprint density at radius 3 is 2.45 bits per heavy atom. The Morgan fingerprint density at radius 2 is 1.92 bits per heavy atom. The van der Waals surface area contributed by atoms with E-state index in [-0.39, 0.29) is 37.5 Å². The largest absolute Gasteiger partial charge is 0.466 e. The van der Waals surface area contributed by atoms with Gasteiger partial charge in [-0.2, -0.15) is 0 Å². The van der Waals surface area contributed by atoms with Crippen molar-refractivity contribution in [2.45, 2.75) is 84.1 Å². The maximum Gasteiger partial charge on any atom is 0.312 e. The lowest BCUT2D eigenvalue weighted by Crippen LogP contribution is -2.60. The molecular weight excluding hydrogens is 484 g/mol. The maximum atomic E-state index is 14.8. The first-order valence-corrected chi connectivity index (χ1v) is 13.8. The molecule has 1 aromatic carbocycles. The summed E-state index contributed by atoms with van der Waals surface area (Å²) in [6.45, 7) is 15.5. The quantitative estimate of drug-likeness (QED) is 0.370. The number of para-hydroxylation sites is 1. The number of esters is 1. The number of aryl methyl sites for hydroxylation is 2. The van der Waals surface area contributed by atoms with Crippen molar-refractivity contribution in [3.63, 3.8) is 0 Å². The number of carbonyl (C=O) groups is 3. The highest BCUT2D eigenvalue weighted by Gasteiger charge is 2.79. The second-order valence-electron chi connectivity index (χ2n) is 11.3. The van der Waals surface area contributed by atoms with Crippen LogP contribution in [0.3, 0.4) is 0 Å². The zero-order valence-corrected chi connectivity index (χ0v) is 23.5. The van der Waals surface area contributed by atoms with Gasteiger partial charge in [-0.1, -0.05) is 45.0 Å². The molecule has 1 aromatic rings. The molecule has 4 rings (SSSR count). The van der Waals surface area contributed by atoms with Crippen LogP contribution in [0.5, 0.6) is 0 Å². The van der Waals surface area contributed by atoms with E-state index in [1.807, 2.05) is 52.8 Å². The second kappa shape index (κ2) is 10.5. The number of carbonyl (C=O) groups excluding carboxylic acids is 3. The van der Waals surface area contributed by atoms with E-state index in [0.29, 0.717) is 19.3 Å². The van der Waals surface area contributed by atoms with E-state index in [4.69, 9.17) is 9.47 Å².